The summed E-state index contributed by atoms with van der Waals surface area (Å²) in [5, 5.41) is 7.03. The van der Waals surface area contributed by atoms with Crippen LogP contribution in [0.2, 0.25) is 0 Å². The van der Waals surface area contributed by atoms with Crippen LogP contribution in [0.1, 0.15) is 28.8 Å². The SMILES string of the molecule is CCc1nn(C)c(C(=O)Nc2cccnc2C)c1N. The Morgan fingerprint density at radius 3 is 2.84 bits per heavy atom. The standard InChI is InChI=1S/C13H17N5O/c1-4-9-11(14)12(18(3)17-9)13(19)16-10-6-5-7-15-8(10)2/h5-7H,4,14H2,1-3H3,(H,16,19). The van der Waals surface area contributed by atoms with E-state index in [4.69, 9.17) is 5.73 Å². The van der Waals surface area contributed by atoms with E-state index in [2.05, 4.69) is 15.4 Å². The van der Waals surface area contributed by atoms with Gasteiger partial charge in [-0.15, -0.1) is 0 Å². The minimum atomic E-state index is -0.275. The topological polar surface area (TPSA) is 85.8 Å². The molecule has 0 aliphatic carbocycles. The lowest BCUT2D eigenvalue weighted by Crippen LogP contribution is -2.18. The summed E-state index contributed by atoms with van der Waals surface area (Å²) in [5.74, 6) is -0.275. The number of nitrogens with one attached hydrogen (secondary N) is 1. The highest BCUT2D eigenvalue weighted by molar-refractivity contribution is 6.07. The van der Waals surface area contributed by atoms with E-state index in [1.54, 1.807) is 25.4 Å². The molecule has 2 heterocycles. The Balaban J connectivity index is 2.31. The van der Waals surface area contributed by atoms with E-state index in [0.29, 0.717) is 23.5 Å². The summed E-state index contributed by atoms with van der Waals surface area (Å²) < 4.78 is 1.51. The van der Waals surface area contributed by atoms with Gasteiger partial charge in [0.25, 0.3) is 5.91 Å². The second-order valence-electron chi connectivity index (χ2n) is 4.28. The molecule has 0 radical (unpaired) electrons. The van der Waals surface area contributed by atoms with Gasteiger partial charge in [0.05, 0.1) is 22.8 Å². The second-order valence-corrected chi connectivity index (χ2v) is 4.28. The summed E-state index contributed by atoms with van der Waals surface area (Å²) in [5.41, 5.74) is 8.92. The van der Waals surface area contributed by atoms with Crippen LogP contribution in [0.3, 0.4) is 0 Å². The maximum atomic E-state index is 12.3. The van der Waals surface area contributed by atoms with E-state index in [0.717, 1.165) is 11.4 Å². The summed E-state index contributed by atoms with van der Waals surface area (Å²) >= 11 is 0. The van der Waals surface area contributed by atoms with Crippen molar-refractivity contribution >= 4 is 17.3 Å². The fourth-order valence-electron chi connectivity index (χ4n) is 1.92. The number of anilines is 2. The Hall–Kier alpha value is -2.37. The van der Waals surface area contributed by atoms with Crippen LogP contribution in [0.5, 0.6) is 0 Å². The summed E-state index contributed by atoms with van der Waals surface area (Å²) in [6, 6.07) is 3.57. The monoisotopic (exact) mass is 259 g/mol. The third kappa shape index (κ3) is 2.42. The molecule has 0 saturated heterocycles. The molecule has 0 fully saturated rings. The number of carbonyl (C=O) groups is 1. The first-order valence-electron chi connectivity index (χ1n) is 6.09. The average molecular weight is 259 g/mol. The normalized spacial score (nSPS) is 10.5. The first kappa shape index (κ1) is 13.1. The lowest BCUT2D eigenvalue weighted by atomic mass is 10.2. The fourth-order valence-corrected chi connectivity index (χ4v) is 1.92. The third-order valence-electron chi connectivity index (χ3n) is 2.97. The van der Waals surface area contributed by atoms with Gasteiger partial charge < -0.3 is 11.1 Å². The largest absolute Gasteiger partial charge is 0.395 e. The van der Waals surface area contributed by atoms with Crippen molar-refractivity contribution in [1.82, 2.24) is 14.8 Å². The number of rotatable bonds is 3. The smallest absolute Gasteiger partial charge is 0.276 e. The van der Waals surface area contributed by atoms with Crippen LogP contribution in [0.25, 0.3) is 0 Å². The van der Waals surface area contributed by atoms with E-state index in [1.165, 1.54) is 4.68 Å². The first-order chi connectivity index (χ1) is 9.04. The summed E-state index contributed by atoms with van der Waals surface area (Å²) in [4.78, 5) is 16.4. The van der Waals surface area contributed by atoms with Crippen molar-refractivity contribution in [2.45, 2.75) is 20.3 Å². The highest BCUT2D eigenvalue weighted by Crippen LogP contribution is 2.19. The van der Waals surface area contributed by atoms with Gasteiger partial charge in [0, 0.05) is 13.2 Å². The number of pyridine rings is 1. The quantitative estimate of drug-likeness (QED) is 0.875. The highest BCUT2D eigenvalue weighted by Gasteiger charge is 2.19. The molecule has 0 aliphatic rings. The lowest BCUT2D eigenvalue weighted by Gasteiger charge is -2.08. The third-order valence-corrected chi connectivity index (χ3v) is 2.97. The molecule has 2 aromatic heterocycles. The number of nitrogens with zero attached hydrogens (tertiary/aromatic N) is 3. The van der Waals surface area contributed by atoms with E-state index >= 15 is 0 Å². The van der Waals surface area contributed by atoms with Crippen molar-refractivity contribution in [3.63, 3.8) is 0 Å². The summed E-state index contributed by atoms with van der Waals surface area (Å²) in [7, 11) is 1.71. The van der Waals surface area contributed by atoms with E-state index in [9.17, 15) is 4.79 Å². The number of aromatic nitrogens is 3. The summed E-state index contributed by atoms with van der Waals surface area (Å²) in [6.45, 7) is 3.78. The zero-order valence-corrected chi connectivity index (χ0v) is 11.3. The van der Waals surface area contributed by atoms with Crippen molar-refractivity contribution in [3.05, 3.63) is 35.4 Å². The van der Waals surface area contributed by atoms with Crippen LogP contribution in [-0.2, 0) is 13.5 Å². The zero-order chi connectivity index (χ0) is 14.0. The van der Waals surface area contributed by atoms with Gasteiger partial charge in [-0.3, -0.25) is 14.5 Å². The van der Waals surface area contributed by atoms with Crippen molar-refractivity contribution < 1.29 is 4.79 Å². The molecule has 0 aliphatic heterocycles. The Kier molecular flexibility index (Phi) is 3.50. The van der Waals surface area contributed by atoms with Gasteiger partial charge in [-0.1, -0.05) is 6.92 Å². The molecule has 0 spiro atoms. The predicted molar refractivity (Wildman–Crippen MR) is 73.9 cm³/mol. The van der Waals surface area contributed by atoms with Crippen molar-refractivity contribution in [3.8, 4) is 0 Å². The molecule has 0 bridgehead atoms. The number of amides is 1. The van der Waals surface area contributed by atoms with E-state index in [1.807, 2.05) is 13.8 Å². The number of nitrogen functional groups attached to an aromatic ring is 1. The molecule has 0 aromatic carbocycles. The maximum absolute atomic E-state index is 12.3. The van der Waals surface area contributed by atoms with Crippen LogP contribution in [0.4, 0.5) is 11.4 Å². The maximum Gasteiger partial charge on any atom is 0.276 e. The molecule has 3 N–H and O–H groups in total. The molecule has 0 atom stereocenters. The van der Waals surface area contributed by atoms with E-state index < -0.39 is 0 Å². The molecular weight excluding hydrogens is 242 g/mol. The molecule has 0 unspecified atom stereocenters. The number of nitrogens with two attached hydrogens (primary N) is 1. The number of carbonyl (C=O) groups excluding carboxylic acids is 1. The zero-order valence-electron chi connectivity index (χ0n) is 11.3. The van der Waals surface area contributed by atoms with E-state index in [-0.39, 0.29) is 5.91 Å². The van der Waals surface area contributed by atoms with Crippen LogP contribution in [-0.4, -0.2) is 20.7 Å². The minimum absolute atomic E-state index is 0.275. The first-order valence-corrected chi connectivity index (χ1v) is 6.09. The Labute approximate surface area is 111 Å². The number of hydrogen-bond donors (Lipinski definition) is 2. The molecule has 19 heavy (non-hydrogen) atoms. The van der Waals surface area contributed by atoms with Gasteiger partial charge >= 0.3 is 0 Å². The molecule has 1 amide bonds. The van der Waals surface area contributed by atoms with Gasteiger partial charge in [-0.2, -0.15) is 5.10 Å². The fraction of sp³-hybridized carbons (Fsp3) is 0.308. The number of aryl methyl sites for hydroxylation is 3. The lowest BCUT2D eigenvalue weighted by molar-refractivity contribution is 0.101. The van der Waals surface area contributed by atoms with Gasteiger partial charge in [0.1, 0.15) is 5.69 Å². The van der Waals surface area contributed by atoms with Crippen LogP contribution < -0.4 is 11.1 Å². The molecular formula is C13H17N5O. The highest BCUT2D eigenvalue weighted by atomic mass is 16.2. The molecule has 6 heteroatoms. The Morgan fingerprint density at radius 2 is 2.26 bits per heavy atom. The van der Waals surface area contributed by atoms with Gasteiger partial charge in [-0.05, 0) is 25.5 Å². The average Bonchev–Trinajstić information content (AvgIpc) is 2.67. The number of hydrogen-bond acceptors (Lipinski definition) is 4. The summed E-state index contributed by atoms with van der Waals surface area (Å²) in [6.07, 6.45) is 2.37. The van der Waals surface area contributed by atoms with Crippen molar-refractivity contribution in [2.24, 2.45) is 7.05 Å². The Bertz CT molecular complexity index is 617. The van der Waals surface area contributed by atoms with Gasteiger partial charge in [-0.25, -0.2) is 0 Å². The van der Waals surface area contributed by atoms with Gasteiger partial charge in [0.15, 0.2) is 0 Å². The Morgan fingerprint density at radius 1 is 1.53 bits per heavy atom. The van der Waals surface area contributed by atoms with Crippen molar-refractivity contribution in [2.75, 3.05) is 11.1 Å². The molecule has 100 valence electrons. The molecule has 2 rings (SSSR count). The van der Waals surface area contributed by atoms with Crippen LogP contribution in [0.15, 0.2) is 18.3 Å². The molecule has 2 aromatic rings. The molecule has 6 nitrogen and oxygen atoms in total. The minimum Gasteiger partial charge on any atom is -0.395 e. The van der Waals surface area contributed by atoms with Gasteiger partial charge in [0.2, 0.25) is 0 Å². The van der Waals surface area contributed by atoms with Crippen LogP contribution in [0, 0.1) is 6.92 Å². The van der Waals surface area contributed by atoms with Crippen LogP contribution >= 0.6 is 0 Å². The van der Waals surface area contributed by atoms with Crippen molar-refractivity contribution in [1.29, 1.82) is 0 Å². The predicted octanol–water partition coefficient (Wildman–Crippen LogP) is 1.52. The molecule has 0 saturated carbocycles. The second kappa shape index (κ2) is 5.09.